The number of nitrogen functional groups attached to an aromatic ring is 1. The van der Waals surface area contributed by atoms with Crippen molar-refractivity contribution in [3.63, 3.8) is 0 Å². The van der Waals surface area contributed by atoms with Crippen LogP contribution in [0.1, 0.15) is 24.1 Å². The summed E-state index contributed by atoms with van der Waals surface area (Å²) in [6, 6.07) is 3.06. The number of methoxy groups -OCH3 is 1. The number of halogens is 1. The van der Waals surface area contributed by atoms with Crippen LogP contribution in [-0.2, 0) is 12.8 Å². The quantitative estimate of drug-likeness (QED) is 0.644. The SMILES string of the molecule is COc1cc2c(NN)c3c(nc2cc1F)CCCC3. The Morgan fingerprint density at radius 1 is 1.32 bits per heavy atom. The van der Waals surface area contributed by atoms with Crippen LogP contribution >= 0.6 is 0 Å². The number of aryl methyl sites for hydroxylation is 1. The summed E-state index contributed by atoms with van der Waals surface area (Å²) in [5, 5.41) is 0.807. The summed E-state index contributed by atoms with van der Waals surface area (Å²) in [5.74, 6) is 5.47. The van der Waals surface area contributed by atoms with Crippen molar-refractivity contribution in [2.24, 2.45) is 5.84 Å². The van der Waals surface area contributed by atoms with Gasteiger partial charge >= 0.3 is 0 Å². The largest absolute Gasteiger partial charge is 0.494 e. The summed E-state index contributed by atoms with van der Waals surface area (Å²) in [4.78, 5) is 4.57. The Kier molecular flexibility index (Phi) is 2.98. The minimum absolute atomic E-state index is 0.210. The lowest BCUT2D eigenvalue weighted by molar-refractivity contribution is 0.387. The Bertz CT molecular complexity index is 642. The number of fused-ring (bicyclic) bond motifs is 2. The van der Waals surface area contributed by atoms with Crippen LogP contribution in [0.5, 0.6) is 5.75 Å². The predicted octanol–water partition coefficient (Wildman–Crippen LogP) is 2.55. The maximum Gasteiger partial charge on any atom is 0.167 e. The monoisotopic (exact) mass is 261 g/mol. The molecule has 0 spiro atoms. The van der Waals surface area contributed by atoms with Gasteiger partial charge in [-0.3, -0.25) is 10.8 Å². The van der Waals surface area contributed by atoms with Gasteiger partial charge in [-0.2, -0.15) is 0 Å². The summed E-state index contributed by atoms with van der Waals surface area (Å²) in [5.41, 5.74) is 6.39. The Labute approximate surface area is 110 Å². The van der Waals surface area contributed by atoms with Crippen molar-refractivity contribution in [2.45, 2.75) is 25.7 Å². The van der Waals surface area contributed by atoms with Gasteiger partial charge in [0.2, 0.25) is 0 Å². The molecule has 0 amide bonds. The zero-order valence-corrected chi connectivity index (χ0v) is 10.8. The second-order valence-corrected chi connectivity index (χ2v) is 4.77. The van der Waals surface area contributed by atoms with Gasteiger partial charge in [0.15, 0.2) is 11.6 Å². The van der Waals surface area contributed by atoms with Crippen LogP contribution < -0.4 is 16.0 Å². The molecule has 0 atom stereocenters. The summed E-state index contributed by atoms with van der Waals surface area (Å²) >= 11 is 0. The van der Waals surface area contributed by atoms with Gasteiger partial charge < -0.3 is 10.2 Å². The summed E-state index contributed by atoms with van der Waals surface area (Å²) < 4.78 is 18.8. The molecule has 0 saturated heterocycles. The number of pyridine rings is 1. The van der Waals surface area contributed by atoms with Crippen molar-refractivity contribution in [3.8, 4) is 5.75 Å². The average Bonchev–Trinajstić information content (AvgIpc) is 2.44. The van der Waals surface area contributed by atoms with Crippen molar-refractivity contribution in [1.82, 2.24) is 4.98 Å². The van der Waals surface area contributed by atoms with Crippen molar-refractivity contribution in [2.75, 3.05) is 12.5 Å². The van der Waals surface area contributed by atoms with Crippen molar-refractivity contribution in [1.29, 1.82) is 0 Å². The van der Waals surface area contributed by atoms with Crippen LogP contribution in [0.3, 0.4) is 0 Å². The molecule has 0 fully saturated rings. The highest BCUT2D eigenvalue weighted by atomic mass is 19.1. The summed E-state index contributed by atoms with van der Waals surface area (Å²) in [6.45, 7) is 0. The molecular formula is C14H16FN3O. The average molecular weight is 261 g/mol. The Balaban J connectivity index is 2.33. The van der Waals surface area contributed by atoms with Crippen LogP contribution in [0.4, 0.5) is 10.1 Å². The molecule has 0 radical (unpaired) electrons. The molecule has 1 heterocycles. The fraction of sp³-hybridized carbons (Fsp3) is 0.357. The molecule has 2 aromatic rings. The smallest absolute Gasteiger partial charge is 0.167 e. The predicted molar refractivity (Wildman–Crippen MR) is 72.7 cm³/mol. The van der Waals surface area contributed by atoms with Gasteiger partial charge in [0.1, 0.15) is 0 Å². The molecule has 0 unspecified atom stereocenters. The van der Waals surface area contributed by atoms with Crippen LogP contribution in [0.15, 0.2) is 12.1 Å². The first-order valence-corrected chi connectivity index (χ1v) is 6.40. The molecule has 0 saturated carbocycles. The maximum absolute atomic E-state index is 13.8. The van der Waals surface area contributed by atoms with E-state index in [2.05, 4.69) is 10.4 Å². The molecule has 1 aromatic heterocycles. The zero-order chi connectivity index (χ0) is 13.4. The van der Waals surface area contributed by atoms with E-state index in [0.717, 1.165) is 48.0 Å². The van der Waals surface area contributed by atoms with Gasteiger partial charge in [-0.25, -0.2) is 4.39 Å². The van der Waals surface area contributed by atoms with E-state index < -0.39 is 5.82 Å². The van der Waals surface area contributed by atoms with Gasteiger partial charge in [0.25, 0.3) is 0 Å². The number of hydrogen-bond acceptors (Lipinski definition) is 4. The molecule has 0 aliphatic heterocycles. The molecule has 0 bridgehead atoms. The third-order valence-corrected chi connectivity index (χ3v) is 3.68. The van der Waals surface area contributed by atoms with Crippen molar-refractivity contribution in [3.05, 3.63) is 29.2 Å². The number of aromatic nitrogens is 1. The minimum atomic E-state index is -0.402. The van der Waals surface area contributed by atoms with E-state index in [1.165, 1.54) is 13.2 Å². The number of rotatable bonds is 2. The Hall–Kier alpha value is -1.88. The van der Waals surface area contributed by atoms with E-state index in [-0.39, 0.29) is 5.75 Å². The number of nitrogens with zero attached hydrogens (tertiary/aromatic N) is 1. The van der Waals surface area contributed by atoms with E-state index in [9.17, 15) is 4.39 Å². The third-order valence-electron chi connectivity index (χ3n) is 3.68. The standard InChI is InChI=1S/C14H16FN3O/c1-19-13-6-9-12(7-10(13)15)17-11-5-3-2-4-8(11)14(9)18-16/h6-7H,2-5,16H2,1H3,(H,17,18). The van der Waals surface area contributed by atoms with Crippen LogP contribution in [0, 0.1) is 5.82 Å². The van der Waals surface area contributed by atoms with E-state index >= 15 is 0 Å². The lowest BCUT2D eigenvalue weighted by atomic mass is 9.93. The number of ether oxygens (including phenoxy) is 1. The van der Waals surface area contributed by atoms with Gasteiger partial charge in [-0.1, -0.05) is 0 Å². The van der Waals surface area contributed by atoms with Crippen LogP contribution in [0.2, 0.25) is 0 Å². The lowest BCUT2D eigenvalue weighted by Crippen LogP contribution is -2.15. The molecular weight excluding hydrogens is 245 g/mol. The molecule has 4 nitrogen and oxygen atoms in total. The van der Waals surface area contributed by atoms with E-state index in [4.69, 9.17) is 10.6 Å². The van der Waals surface area contributed by atoms with Gasteiger partial charge in [0, 0.05) is 17.1 Å². The molecule has 19 heavy (non-hydrogen) atoms. The number of anilines is 1. The molecule has 3 N–H and O–H groups in total. The fourth-order valence-electron chi connectivity index (χ4n) is 2.75. The summed E-state index contributed by atoms with van der Waals surface area (Å²) in [6.07, 6.45) is 4.13. The molecule has 1 aromatic carbocycles. The number of benzene rings is 1. The number of hydrogen-bond donors (Lipinski definition) is 2. The van der Waals surface area contributed by atoms with Gasteiger partial charge in [-0.05, 0) is 37.3 Å². The molecule has 5 heteroatoms. The summed E-state index contributed by atoms with van der Waals surface area (Å²) in [7, 11) is 1.45. The van der Waals surface area contributed by atoms with Crippen LogP contribution in [-0.4, -0.2) is 12.1 Å². The minimum Gasteiger partial charge on any atom is -0.494 e. The third kappa shape index (κ3) is 1.90. The number of hydrazine groups is 1. The van der Waals surface area contributed by atoms with Crippen molar-refractivity contribution < 1.29 is 9.13 Å². The molecule has 1 aliphatic rings. The first-order chi connectivity index (χ1) is 9.24. The van der Waals surface area contributed by atoms with Crippen molar-refractivity contribution >= 4 is 16.6 Å². The topological polar surface area (TPSA) is 60.2 Å². The normalized spacial score (nSPS) is 14.3. The fourth-order valence-corrected chi connectivity index (χ4v) is 2.75. The number of nitrogens with one attached hydrogen (secondary N) is 1. The number of nitrogens with two attached hydrogens (primary N) is 1. The molecule has 1 aliphatic carbocycles. The lowest BCUT2D eigenvalue weighted by Gasteiger charge is -2.20. The second-order valence-electron chi connectivity index (χ2n) is 4.77. The second kappa shape index (κ2) is 4.66. The van der Waals surface area contributed by atoms with E-state index in [0.29, 0.717) is 5.52 Å². The maximum atomic E-state index is 13.8. The zero-order valence-electron chi connectivity index (χ0n) is 10.8. The van der Waals surface area contributed by atoms with E-state index in [1.807, 2.05) is 0 Å². The highest BCUT2D eigenvalue weighted by Crippen LogP contribution is 2.35. The highest BCUT2D eigenvalue weighted by molar-refractivity contribution is 5.94. The molecule has 3 rings (SSSR count). The van der Waals surface area contributed by atoms with E-state index in [1.54, 1.807) is 6.07 Å². The Morgan fingerprint density at radius 3 is 2.84 bits per heavy atom. The molecule has 100 valence electrons. The first kappa shape index (κ1) is 12.2. The van der Waals surface area contributed by atoms with Gasteiger partial charge in [0.05, 0.1) is 18.3 Å². The highest BCUT2D eigenvalue weighted by Gasteiger charge is 2.19. The Morgan fingerprint density at radius 2 is 2.11 bits per heavy atom. The van der Waals surface area contributed by atoms with Crippen LogP contribution in [0.25, 0.3) is 10.9 Å². The first-order valence-electron chi connectivity index (χ1n) is 6.40. The van der Waals surface area contributed by atoms with Gasteiger partial charge in [-0.15, -0.1) is 0 Å².